The minimum Gasteiger partial charge on any atom is -0.493 e. The van der Waals surface area contributed by atoms with Crippen LogP contribution in [-0.2, 0) is 4.74 Å². The number of carbonyl (C=O) groups excluding carboxylic acids is 1. The Morgan fingerprint density at radius 1 is 1.00 bits per heavy atom. The van der Waals surface area contributed by atoms with E-state index >= 15 is 0 Å². The van der Waals surface area contributed by atoms with E-state index in [4.69, 9.17) is 9.47 Å². The Balaban J connectivity index is 1.90. The Morgan fingerprint density at radius 3 is 2.29 bits per heavy atom. The first kappa shape index (κ1) is 17.9. The standard InChI is InChI=1S/C20H25NO3/c1-14-8-6-11-17(20(22)23-4)18(14)21-12-7-13-24-19-15(2)9-5-10-16(19)3/h5-6,8-11,21H,7,12-13H2,1-4H3. The van der Waals surface area contributed by atoms with Crippen molar-refractivity contribution in [2.75, 3.05) is 25.6 Å². The number of benzene rings is 2. The van der Waals surface area contributed by atoms with Gasteiger partial charge in [-0.15, -0.1) is 0 Å². The van der Waals surface area contributed by atoms with Crippen LogP contribution >= 0.6 is 0 Å². The highest BCUT2D eigenvalue weighted by Gasteiger charge is 2.13. The van der Waals surface area contributed by atoms with Crippen LogP contribution in [0.15, 0.2) is 36.4 Å². The number of carbonyl (C=O) groups is 1. The minimum absolute atomic E-state index is 0.326. The number of nitrogens with one attached hydrogen (secondary N) is 1. The van der Waals surface area contributed by atoms with Gasteiger partial charge in [-0.05, 0) is 49.9 Å². The zero-order chi connectivity index (χ0) is 17.5. The van der Waals surface area contributed by atoms with Gasteiger partial charge < -0.3 is 14.8 Å². The summed E-state index contributed by atoms with van der Waals surface area (Å²) < 4.78 is 10.7. The van der Waals surface area contributed by atoms with Gasteiger partial charge in [0.05, 0.1) is 25.0 Å². The summed E-state index contributed by atoms with van der Waals surface area (Å²) in [6.07, 6.45) is 0.836. The Bertz CT molecular complexity index is 690. The fraction of sp³-hybridized carbons (Fsp3) is 0.350. The van der Waals surface area contributed by atoms with E-state index in [1.807, 2.05) is 25.1 Å². The molecule has 128 valence electrons. The van der Waals surface area contributed by atoms with Crippen LogP contribution in [0.4, 0.5) is 5.69 Å². The van der Waals surface area contributed by atoms with Gasteiger partial charge >= 0.3 is 5.97 Å². The van der Waals surface area contributed by atoms with E-state index in [0.717, 1.165) is 41.1 Å². The van der Waals surface area contributed by atoms with Crippen molar-refractivity contribution < 1.29 is 14.3 Å². The van der Waals surface area contributed by atoms with E-state index in [9.17, 15) is 4.79 Å². The highest BCUT2D eigenvalue weighted by Crippen LogP contribution is 2.23. The van der Waals surface area contributed by atoms with Crippen LogP contribution < -0.4 is 10.1 Å². The minimum atomic E-state index is -0.326. The number of esters is 1. The van der Waals surface area contributed by atoms with Crippen molar-refractivity contribution in [2.24, 2.45) is 0 Å². The molecule has 0 aliphatic rings. The molecule has 1 N–H and O–H groups in total. The third kappa shape index (κ3) is 4.28. The second-order valence-corrected chi connectivity index (χ2v) is 5.84. The van der Waals surface area contributed by atoms with Gasteiger partial charge in [0.1, 0.15) is 5.75 Å². The lowest BCUT2D eigenvalue weighted by Gasteiger charge is -2.15. The fourth-order valence-electron chi connectivity index (χ4n) is 2.67. The molecule has 0 heterocycles. The van der Waals surface area contributed by atoms with Crippen LogP contribution in [0.5, 0.6) is 5.75 Å². The lowest BCUT2D eigenvalue weighted by molar-refractivity contribution is 0.0601. The molecule has 0 saturated carbocycles. The summed E-state index contributed by atoms with van der Waals surface area (Å²) in [5, 5.41) is 3.33. The Hall–Kier alpha value is -2.49. The summed E-state index contributed by atoms with van der Waals surface area (Å²) >= 11 is 0. The van der Waals surface area contributed by atoms with Gasteiger partial charge in [-0.2, -0.15) is 0 Å². The highest BCUT2D eigenvalue weighted by molar-refractivity contribution is 5.96. The quantitative estimate of drug-likeness (QED) is 0.609. The SMILES string of the molecule is COC(=O)c1cccc(C)c1NCCCOc1c(C)cccc1C. The smallest absolute Gasteiger partial charge is 0.339 e. The number of hydrogen-bond donors (Lipinski definition) is 1. The number of aryl methyl sites for hydroxylation is 3. The summed E-state index contributed by atoms with van der Waals surface area (Å²) in [5.41, 5.74) is 4.71. The molecule has 0 spiro atoms. The molecule has 24 heavy (non-hydrogen) atoms. The van der Waals surface area contributed by atoms with Crippen molar-refractivity contribution in [3.63, 3.8) is 0 Å². The first-order chi connectivity index (χ1) is 11.5. The molecule has 0 radical (unpaired) electrons. The Labute approximate surface area is 143 Å². The maximum atomic E-state index is 11.8. The van der Waals surface area contributed by atoms with Crippen molar-refractivity contribution in [3.05, 3.63) is 58.7 Å². The fourth-order valence-corrected chi connectivity index (χ4v) is 2.67. The molecule has 4 nitrogen and oxygen atoms in total. The molecule has 4 heteroatoms. The molecule has 0 aliphatic carbocycles. The molecule has 0 saturated heterocycles. The summed E-state index contributed by atoms with van der Waals surface area (Å²) in [7, 11) is 1.40. The molecule has 2 aromatic rings. The second-order valence-electron chi connectivity index (χ2n) is 5.84. The third-order valence-corrected chi connectivity index (χ3v) is 3.96. The largest absolute Gasteiger partial charge is 0.493 e. The summed E-state index contributed by atoms with van der Waals surface area (Å²) in [4.78, 5) is 11.8. The summed E-state index contributed by atoms with van der Waals surface area (Å²) in [6.45, 7) is 7.42. The number of ether oxygens (including phenoxy) is 2. The molecule has 0 atom stereocenters. The predicted molar refractivity (Wildman–Crippen MR) is 97.0 cm³/mol. The highest BCUT2D eigenvalue weighted by atomic mass is 16.5. The number of para-hydroxylation sites is 2. The summed E-state index contributed by atoms with van der Waals surface area (Å²) in [5.74, 6) is 0.636. The van der Waals surface area contributed by atoms with Gasteiger partial charge in [-0.1, -0.05) is 30.3 Å². The molecular weight excluding hydrogens is 302 g/mol. The maximum Gasteiger partial charge on any atom is 0.339 e. The monoisotopic (exact) mass is 327 g/mol. The van der Waals surface area contributed by atoms with Crippen LogP contribution in [0.25, 0.3) is 0 Å². The van der Waals surface area contributed by atoms with E-state index in [2.05, 4.69) is 31.3 Å². The Morgan fingerprint density at radius 2 is 1.62 bits per heavy atom. The van der Waals surface area contributed by atoms with E-state index in [1.165, 1.54) is 7.11 Å². The number of methoxy groups -OCH3 is 1. The van der Waals surface area contributed by atoms with Crippen molar-refractivity contribution >= 4 is 11.7 Å². The average molecular weight is 327 g/mol. The zero-order valence-corrected chi connectivity index (χ0v) is 14.8. The van der Waals surface area contributed by atoms with Crippen molar-refractivity contribution in [2.45, 2.75) is 27.2 Å². The summed E-state index contributed by atoms with van der Waals surface area (Å²) in [6, 6.07) is 11.7. The van der Waals surface area contributed by atoms with Gasteiger partial charge in [-0.3, -0.25) is 0 Å². The van der Waals surface area contributed by atoms with Crippen molar-refractivity contribution in [1.82, 2.24) is 0 Å². The predicted octanol–water partition coefficient (Wildman–Crippen LogP) is 4.28. The second kappa shape index (κ2) is 8.39. The topological polar surface area (TPSA) is 47.6 Å². The molecule has 0 aromatic heterocycles. The van der Waals surface area contributed by atoms with E-state index in [1.54, 1.807) is 6.07 Å². The van der Waals surface area contributed by atoms with Gasteiger partial charge in [0.25, 0.3) is 0 Å². The van der Waals surface area contributed by atoms with Crippen LogP contribution in [0, 0.1) is 20.8 Å². The molecule has 0 amide bonds. The number of anilines is 1. The lowest BCUT2D eigenvalue weighted by Crippen LogP contribution is -2.13. The van der Waals surface area contributed by atoms with Crippen LogP contribution in [0.3, 0.4) is 0 Å². The molecule has 0 unspecified atom stereocenters. The third-order valence-electron chi connectivity index (χ3n) is 3.96. The van der Waals surface area contributed by atoms with Crippen molar-refractivity contribution in [3.8, 4) is 5.75 Å². The van der Waals surface area contributed by atoms with Gasteiger partial charge in [0.2, 0.25) is 0 Å². The van der Waals surface area contributed by atoms with Gasteiger partial charge in [0, 0.05) is 6.54 Å². The molecule has 2 aromatic carbocycles. The Kier molecular flexibility index (Phi) is 6.24. The first-order valence-corrected chi connectivity index (χ1v) is 8.15. The van der Waals surface area contributed by atoms with Crippen molar-refractivity contribution in [1.29, 1.82) is 0 Å². The van der Waals surface area contributed by atoms with E-state index < -0.39 is 0 Å². The normalized spacial score (nSPS) is 10.3. The first-order valence-electron chi connectivity index (χ1n) is 8.15. The number of rotatable bonds is 7. The lowest BCUT2D eigenvalue weighted by atomic mass is 10.1. The number of hydrogen-bond acceptors (Lipinski definition) is 4. The molecular formula is C20H25NO3. The molecule has 2 rings (SSSR count). The molecule has 0 fully saturated rings. The molecule has 0 bridgehead atoms. The van der Waals surface area contributed by atoms with Crippen LogP contribution in [0.2, 0.25) is 0 Å². The van der Waals surface area contributed by atoms with Crippen LogP contribution in [0.1, 0.15) is 33.5 Å². The van der Waals surface area contributed by atoms with Gasteiger partial charge in [0.15, 0.2) is 0 Å². The van der Waals surface area contributed by atoms with E-state index in [0.29, 0.717) is 12.2 Å². The van der Waals surface area contributed by atoms with E-state index in [-0.39, 0.29) is 5.97 Å². The zero-order valence-electron chi connectivity index (χ0n) is 14.8. The van der Waals surface area contributed by atoms with Gasteiger partial charge in [-0.25, -0.2) is 4.79 Å². The maximum absolute atomic E-state index is 11.8. The average Bonchev–Trinajstić information content (AvgIpc) is 2.57. The van der Waals surface area contributed by atoms with Crippen LogP contribution in [-0.4, -0.2) is 26.2 Å². The molecule has 0 aliphatic heterocycles.